The molecule has 3 N–H and O–H groups in total. The van der Waals surface area contributed by atoms with Gasteiger partial charge in [-0.3, -0.25) is 9.59 Å². The van der Waals surface area contributed by atoms with Gasteiger partial charge in [-0.25, -0.2) is 9.78 Å². The second kappa shape index (κ2) is 5.31. The van der Waals surface area contributed by atoms with Crippen LogP contribution in [0.15, 0.2) is 4.79 Å². The number of hydrogen-bond acceptors (Lipinski definition) is 4. The summed E-state index contributed by atoms with van der Waals surface area (Å²) in [4.78, 5) is 42.4. The molecule has 7 nitrogen and oxygen atoms in total. The van der Waals surface area contributed by atoms with Crippen LogP contribution in [-0.4, -0.2) is 32.5 Å². The quantitative estimate of drug-likeness (QED) is 0.748. The van der Waals surface area contributed by atoms with Gasteiger partial charge in [-0.05, 0) is 33.1 Å². The molecule has 1 amide bonds. The predicted octanol–water partition coefficient (Wildman–Crippen LogP) is 0.939. The van der Waals surface area contributed by atoms with E-state index in [1.165, 1.54) is 6.92 Å². The Morgan fingerprint density at radius 1 is 1.48 bits per heavy atom. The molecule has 0 bridgehead atoms. The second-order valence-electron chi connectivity index (χ2n) is 5.63. The molecular formula is C14H19N3O4. The zero-order valence-corrected chi connectivity index (χ0v) is 12.3. The van der Waals surface area contributed by atoms with E-state index in [9.17, 15) is 19.5 Å². The largest absolute Gasteiger partial charge is 0.480 e. The highest BCUT2D eigenvalue weighted by atomic mass is 16.4. The number of rotatable bonds is 5. The molecule has 0 spiro atoms. The fraction of sp³-hybridized carbons (Fsp3) is 0.571. The average molecular weight is 293 g/mol. The molecule has 114 valence electrons. The Bertz CT molecular complexity index is 648. The van der Waals surface area contributed by atoms with Crippen molar-refractivity contribution in [1.29, 1.82) is 0 Å². The minimum atomic E-state index is -1.41. The Kier molecular flexibility index (Phi) is 3.85. The fourth-order valence-corrected chi connectivity index (χ4v) is 2.03. The van der Waals surface area contributed by atoms with E-state index in [1.807, 2.05) is 0 Å². The lowest BCUT2D eigenvalue weighted by Crippen LogP contribution is -2.52. The maximum Gasteiger partial charge on any atom is 0.329 e. The molecular weight excluding hydrogens is 274 g/mol. The van der Waals surface area contributed by atoms with Crippen molar-refractivity contribution in [3.05, 3.63) is 27.4 Å². The highest BCUT2D eigenvalue weighted by molar-refractivity contribution is 5.98. The summed E-state index contributed by atoms with van der Waals surface area (Å²) in [6, 6.07) is 0. The summed E-state index contributed by atoms with van der Waals surface area (Å²) in [6.07, 6.45) is 2.18. The first kappa shape index (κ1) is 15.2. The summed E-state index contributed by atoms with van der Waals surface area (Å²) >= 11 is 0. The molecule has 1 aromatic rings. The maximum absolute atomic E-state index is 12.2. The Hall–Kier alpha value is -2.18. The van der Waals surface area contributed by atoms with E-state index in [-0.39, 0.29) is 17.9 Å². The van der Waals surface area contributed by atoms with Crippen molar-refractivity contribution >= 4 is 11.9 Å². The molecule has 1 unspecified atom stereocenters. The van der Waals surface area contributed by atoms with Crippen molar-refractivity contribution in [2.75, 3.05) is 0 Å². The lowest BCUT2D eigenvalue weighted by atomic mass is 9.98. The molecule has 2 rings (SSSR count). The summed E-state index contributed by atoms with van der Waals surface area (Å²) in [7, 11) is 0. The molecule has 1 heterocycles. The van der Waals surface area contributed by atoms with E-state index >= 15 is 0 Å². The predicted molar refractivity (Wildman–Crippen MR) is 75.4 cm³/mol. The number of nitrogens with one attached hydrogen (secondary N) is 2. The molecule has 1 aromatic heterocycles. The van der Waals surface area contributed by atoms with Gasteiger partial charge in [0.25, 0.3) is 11.5 Å². The number of carboxylic acid groups (broad SMARTS) is 1. The summed E-state index contributed by atoms with van der Waals surface area (Å²) < 4.78 is 0. The van der Waals surface area contributed by atoms with Gasteiger partial charge in [0, 0.05) is 5.92 Å². The first-order valence-electron chi connectivity index (χ1n) is 6.95. The lowest BCUT2D eigenvalue weighted by molar-refractivity contribution is -0.143. The van der Waals surface area contributed by atoms with E-state index in [0.29, 0.717) is 11.5 Å². The monoisotopic (exact) mass is 293 g/mol. The average Bonchev–Trinajstić information content (AvgIpc) is 3.21. The van der Waals surface area contributed by atoms with Crippen LogP contribution in [0.25, 0.3) is 0 Å². The van der Waals surface area contributed by atoms with Crippen LogP contribution < -0.4 is 10.9 Å². The Morgan fingerprint density at radius 3 is 2.52 bits per heavy atom. The van der Waals surface area contributed by atoms with E-state index in [4.69, 9.17) is 0 Å². The van der Waals surface area contributed by atoms with Crippen molar-refractivity contribution in [3.8, 4) is 0 Å². The molecule has 0 radical (unpaired) electrons. The Morgan fingerprint density at radius 2 is 2.10 bits per heavy atom. The number of aryl methyl sites for hydroxylation is 1. The van der Waals surface area contributed by atoms with Gasteiger partial charge < -0.3 is 15.4 Å². The van der Waals surface area contributed by atoms with Crippen LogP contribution in [0.5, 0.6) is 0 Å². The van der Waals surface area contributed by atoms with Gasteiger partial charge in [0.15, 0.2) is 0 Å². The first-order chi connectivity index (χ1) is 9.78. The van der Waals surface area contributed by atoms with Crippen LogP contribution in [0.3, 0.4) is 0 Å². The minimum absolute atomic E-state index is 0.125. The standard InChI is InChI=1S/C14H19N3O4/c1-4-14(3,13(20)21)17-12(19)9-7(2)15-10(8-5-6-8)16-11(9)18/h8H,4-6H2,1-3H3,(H,17,19)(H,20,21)(H,15,16,18). The molecule has 0 aliphatic heterocycles. The molecule has 1 fully saturated rings. The summed E-state index contributed by atoms with van der Waals surface area (Å²) in [5.74, 6) is -0.982. The summed E-state index contributed by atoms with van der Waals surface area (Å²) in [5, 5.41) is 11.6. The third-order valence-corrected chi connectivity index (χ3v) is 3.88. The number of aromatic nitrogens is 2. The van der Waals surface area contributed by atoms with Crippen LogP contribution in [0, 0.1) is 6.92 Å². The third kappa shape index (κ3) is 2.96. The van der Waals surface area contributed by atoms with Crippen LogP contribution >= 0.6 is 0 Å². The number of nitrogens with zero attached hydrogens (tertiary/aromatic N) is 1. The number of H-pyrrole nitrogens is 1. The molecule has 1 aliphatic rings. The van der Waals surface area contributed by atoms with E-state index in [1.54, 1.807) is 13.8 Å². The van der Waals surface area contributed by atoms with Gasteiger partial charge in [-0.15, -0.1) is 0 Å². The number of carboxylic acids is 1. The number of aromatic amines is 1. The third-order valence-electron chi connectivity index (χ3n) is 3.88. The van der Waals surface area contributed by atoms with Crippen LogP contribution in [0.4, 0.5) is 0 Å². The number of carbonyl (C=O) groups excluding carboxylic acids is 1. The number of hydrogen-bond donors (Lipinski definition) is 3. The van der Waals surface area contributed by atoms with Crippen molar-refractivity contribution in [2.45, 2.75) is 51.5 Å². The number of aliphatic carboxylic acids is 1. The van der Waals surface area contributed by atoms with Crippen molar-refractivity contribution in [3.63, 3.8) is 0 Å². The Labute approximate surface area is 121 Å². The van der Waals surface area contributed by atoms with Gasteiger partial charge in [0.1, 0.15) is 16.9 Å². The van der Waals surface area contributed by atoms with E-state index in [0.717, 1.165) is 12.8 Å². The molecule has 0 aromatic carbocycles. The van der Waals surface area contributed by atoms with E-state index in [2.05, 4.69) is 15.3 Å². The number of carbonyl (C=O) groups is 2. The maximum atomic E-state index is 12.2. The van der Waals surface area contributed by atoms with E-state index < -0.39 is 23.0 Å². The lowest BCUT2D eigenvalue weighted by Gasteiger charge is -2.24. The van der Waals surface area contributed by atoms with Gasteiger partial charge in [0.2, 0.25) is 0 Å². The minimum Gasteiger partial charge on any atom is -0.480 e. The topological polar surface area (TPSA) is 112 Å². The smallest absolute Gasteiger partial charge is 0.329 e. The van der Waals surface area contributed by atoms with Crippen LogP contribution in [0.2, 0.25) is 0 Å². The fourth-order valence-electron chi connectivity index (χ4n) is 2.03. The number of amides is 1. The molecule has 7 heteroatoms. The molecule has 0 saturated heterocycles. The van der Waals surface area contributed by atoms with Gasteiger partial charge >= 0.3 is 5.97 Å². The Balaban J connectivity index is 2.31. The second-order valence-corrected chi connectivity index (χ2v) is 5.63. The molecule has 1 atom stereocenters. The molecule has 21 heavy (non-hydrogen) atoms. The van der Waals surface area contributed by atoms with Gasteiger partial charge in [0.05, 0.1) is 5.69 Å². The summed E-state index contributed by atoms with van der Waals surface area (Å²) in [6.45, 7) is 4.64. The van der Waals surface area contributed by atoms with Crippen molar-refractivity contribution in [2.24, 2.45) is 0 Å². The zero-order chi connectivity index (χ0) is 15.8. The molecule has 1 aliphatic carbocycles. The highest BCUT2D eigenvalue weighted by Gasteiger charge is 2.35. The summed E-state index contributed by atoms with van der Waals surface area (Å²) in [5.41, 5.74) is -1.74. The van der Waals surface area contributed by atoms with Crippen molar-refractivity contribution in [1.82, 2.24) is 15.3 Å². The van der Waals surface area contributed by atoms with Gasteiger partial charge in [-0.1, -0.05) is 6.92 Å². The van der Waals surface area contributed by atoms with Crippen LogP contribution in [0.1, 0.15) is 60.9 Å². The normalized spacial score (nSPS) is 17.1. The molecule has 1 saturated carbocycles. The SMILES string of the molecule is CCC(C)(NC(=O)c1c(C)nc(C2CC2)[nH]c1=O)C(=O)O. The van der Waals surface area contributed by atoms with Crippen LogP contribution in [-0.2, 0) is 4.79 Å². The first-order valence-corrected chi connectivity index (χ1v) is 6.95. The highest BCUT2D eigenvalue weighted by Crippen LogP contribution is 2.37. The van der Waals surface area contributed by atoms with Gasteiger partial charge in [-0.2, -0.15) is 0 Å². The zero-order valence-electron chi connectivity index (χ0n) is 12.3. The van der Waals surface area contributed by atoms with Crippen molar-refractivity contribution < 1.29 is 14.7 Å².